The molecule has 2 rings (SSSR count). The molecule has 1 aliphatic heterocycles. The van der Waals surface area contributed by atoms with E-state index in [2.05, 4.69) is 44.5 Å². The Morgan fingerprint density at radius 3 is 2.90 bits per heavy atom. The number of benzene rings is 1. The zero-order chi connectivity index (χ0) is 14.5. The molecule has 4 nitrogen and oxygen atoms in total. The van der Waals surface area contributed by atoms with E-state index in [1.54, 1.807) is 0 Å². The summed E-state index contributed by atoms with van der Waals surface area (Å²) in [5, 5.41) is 2.14. The van der Waals surface area contributed by atoms with E-state index in [0.717, 1.165) is 31.6 Å². The maximum absolute atomic E-state index is 12.4. The van der Waals surface area contributed by atoms with Gasteiger partial charge in [0, 0.05) is 18.2 Å². The fourth-order valence-corrected chi connectivity index (χ4v) is 2.87. The summed E-state index contributed by atoms with van der Waals surface area (Å²) in [6.07, 6.45) is 2.13. The van der Waals surface area contributed by atoms with Gasteiger partial charge in [0.2, 0.25) is 0 Å². The van der Waals surface area contributed by atoms with Crippen molar-refractivity contribution in [2.24, 2.45) is 0 Å². The molecule has 0 aliphatic carbocycles. The summed E-state index contributed by atoms with van der Waals surface area (Å²) in [7, 11) is 4.32. The Hall–Kier alpha value is -1.39. The number of hydrogen-bond acceptors (Lipinski definition) is 1. The largest absolute Gasteiger partial charge is 0.340 e. The van der Waals surface area contributed by atoms with Crippen LogP contribution < -0.4 is 15.1 Å². The Kier molecular flexibility index (Phi) is 5.15. The first-order chi connectivity index (χ1) is 9.59. The lowest BCUT2D eigenvalue weighted by atomic mass is 10.1. The molecule has 0 radical (unpaired) electrons. The Morgan fingerprint density at radius 1 is 1.40 bits per heavy atom. The number of rotatable bonds is 6. The fourth-order valence-electron chi connectivity index (χ4n) is 2.87. The molecule has 0 bridgehead atoms. The van der Waals surface area contributed by atoms with Gasteiger partial charge in [-0.25, -0.2) is 0 Å². The standard InChI is InChI=1S/C16H25N3O/c1-13-11-14-7-4-5-8-15(14)19(13)16(20)12-17-9-6-10-18(2)3/h4-5,7-8,13,17H,6,9-12H2,1-3H3/p+2/t13-/m0/s1. The van der Waals surface area contributed by atoms with Crippen molar-refractivity contribution in [2.75, 3.05) is 38.6 Å². The van der Waals surface area contributed by atoms with Gasteiger partial charge in [0.1, 0.15) is 0 Å². The van der Waals surface area contributed by atoms with Crippen LogP contribution >= 0.6 is 0 Å². The average Bonchev–Trinajstić information content (AvgIpc) is 2.73. The molecule has 0 spiro atoms. The van der Waals surface area contributed by atoms with Crippen molar-refractivity contribution in [3.8, 4) is 0 Å². The molecule has 1 aliphatic rings. The molecular formula is C16H27N3O+2. The average molecular weight is 277 g/mol. The molecule has 1 amide bonds. The second-order valence-corrected chi connectivity index (χ2v) is 6.04. The van der Waals surface area contributed by atoms with Crippen molar-refractivity contribution < 1.29 is 15.0 Å². The third kappa shape index (κ3) is 3.58. The van der Waals surface area contributed by atoms with Crippen LogP contribution in [0.25, 0.3) is 0 Å². The van der Waals surface area contributed by atoms with Crippen LogP contribution in [0.1, 0.15) is 18.9 Å². The van der Waals surface area contributed by atoms with E-state index in [4.69, 9.17) is 0 Å². The van der Waals surface area contributed by atoms with Gasteiger partial charge in [-0.2, -0.15) is 0 Å². The number of fused-ring (bicyclic) bond motifs is 1. The third-order valence-corrected chi connectivity index (χ3v) is 3.88. The zero-order valence-corrected chi connectivity index (χ0v) is 12.9. The highest BCUT2D eigenvalue weighted by molar-refractivity contribution is 5.96. The molecule has 1 atom stereocenters. The highest BCUT2D eigenvalue weighted by atomic mass is 16.2. The van der Waals surface area contributed by atoms with Crippen LogP contribution in [-0.2, 0) is 11.2 Å². The Balaban J connectivity index is 1.84. The van der Waals surface area contributed by atoms with E-state index in [1.165, 1.54) is 10.5 Å². The van der Waals surface area contributed by atoms with Crippen LogP contribution in [0.15, 0.2) is 24.3 Å². The fraction of sp³-hybridized carbons (Fsp3) is 0.562. The molecule has 4 heteroatoms. The van der Waals surface area contributed by atoms with E-state index in [9.17, 15) is 4.79 Å². The van der Waals surface area contributed by atoms with Crippen molar-refractivity contribution in [3.05, 3.63) is 29.8 Å². The quantitative estimate of drug-likeness (QED) is 0.648. The van der Waals surface area contributed by atoms with Gasteiger partial charge in [-0.05, 0) is 25.0 Å². The minimum Gasteiger partial charge on any atom is -0.340 e. The summed E-state index contributed by atoms with van der Waals surface area (Å²) in [5.41, 5.74) is 2.40. The van der Waals surface area contributed by atoms with E-state index in [0.29, 0.717) is 12.6 Å². The number of amides is 1. The highest BCUT2D eigenvalue weighted by Gasteiger charge is 2.30. The van der Waals surface area contributed by atoms with Crippen LogP contribution in [0.5, 0.6) is 0 Å². The summed E-state index contributed by atoms with van der Waals surface area (Å²) in [4.78, 5) is 15.8. The van der Waals surface area contributed by atoms with Gasteiger partial charge in [-0.15, -0.1) is 0 Å². The van der Waals surface area contributed by atoms with Gasteiger partial charge in [0.25, 0.3) is 5.91 Å². The second-order valence-electron chi connectivity index (χ2n) is 6.04. The number of hydrogen-bond donors (Lipinski definition) is 2. The van der Waals surface area contributed by atoms with Crippen molar-refractivity contribution in [1.82, 2.24) is 0 Å². The maximum Gasteiger partial charge on any atom is 0.282 e. The summed E-state index contributed by atoms with van der Waals surface area (Å²) >= 11 is 0. The number of carbonyl (C=O) groups is 1. The van der Waals surface area contributed by atoms with E-state index in [-0.39, 0.29) is 5.91 Å². The highest BCUT2D eigenvalue weighted by Crippen LogP contribution is 2.31. The van der Waals surface area contributed by atoms with Gasteiger partial charge >= 0.3 is 0 Å². The first-order valence-corrected chi connectivity index (χ1v) is 7.60. The van der Waals surface area contributed by atoms with Crippen LogP contribution in [0, 0.1) is 0 Å². The topological polar surface area (TPSA) is 41.4 Å². The van der Waals surface area contributed by atoms with Gasteiger partial charge in [-0.1, -0.05) is 18.2 Å². The number of anilines is 1. The molecule has 20 heavy (non-hydrogen) atoms. The van der Waals surface area contributed by atoms with Gasteiger partial charge in [0.05, 0.1) is 27.2 Å². The van der Waals surface area contributed by atoms with Crippen molar-refractivity contribution >= 4 is 11.6 Å². The Labute approximate surface area is 121 Å². The summed E-state index contributed by atoms with van der Waals surface area (Å²) in [6.45, 7) is 4.88. The molecular weight excluding hydrogens is 250 g/mol. The number of nitrogens with zero attached hydrogens (tertiary/aromatic N) is 1. The van der Waals surface area contributed by atoms with Crippen molar-refractivity contribution in [1.29, 1.82) is 0 Å². The van der Waals surface area contributed by atoms with Crippen LogP contribution in [0.2, 0.25) is 0 Å². The SMILES string of the molecule is C[C@H]1Cc2ccccc2N1C(=O)C[NH2+]CCC[NH+](C)C. The Bertz CT molecular complexity index is 459. The van der Waals surface area contributed by atoms with Crippen molar-refractivity contribution in [3.63, 3.8) is 0 Å². The molecule has 0 saturated carbocycles. The molecule has 1 aromatic carbocycles. The van der Waals surface area contributed by atoms with E-state index in [1.807, 2.05) is 11.0 Å². The number of quaternary nitrogens is 2. The number of nitrogens with two attached hydrogens (primary N) is 1. The molecule has 0 aromatic heterocycles. The first-order valence-electron chi connectivity index (χ1n) is 7.60. The molecule has 1 aromatic rings. The number of nitrogens with one attached hydrogen (secondary N) is 1. The van der Waals surface area contributed by atoms with E-state index >= 15 is 0 Å². The number of para-hydroxylation sites is 1. The third-order valence-electron chi connectivity index (χ3n) is 3.88. The maximum atomic E-state index is 12.4. The normalized spacial score (nSPS) is 17.6. The predicted octanol–water partition coefficient (Wildman–Crippen LogP) is -0.938. The zero-order valence-electron chi connectivity index (χ0n) is 12.9. The minimum absolute atomic E-state index is 0.236. The lowest BCUT2D eigenvalue weighted by Crippen LogP contribution is -3.06. The number of carbonyl (C=O) groups excluding carboxylic acids is 1. The van der Waals surface area contributed by atoms with Crippen molar-refractivity contribution in [2.45, 2.75) is 25.8 Å². The smallest absolute Gasteiger partial charge is 0.282 e. The molecule has 3 N–H and O–H groups in total. The Morgan fingerprint density at radius 2 is 2.15 bits per heavy atom. The summed E-state index contributed by atoms with van der Waals surface area (Å²) in [6, 6.07) is 8.55. The van der Waals surface area contributed by atoms with Gasteiger partial charge < -0.3 is 15.1 Å². The first kappa shape index (κ1) is 15.0. The van der Waals surface area contributed by atoms with Gasteiger partial charge in [0.15, 0.2) is 6.54 Å². The molecule has 1 heterocycles. The predicted molar refractivity (Wildman–Crippen MR) is 81.0 cm³/mol. The summed E-state index contributed by atoms with van der Waals surface area (Å²) in [5.74, 6) is 0.236. The lowest BCUT2D eigenvalue weighted by molar-refractivity contribution is -0.860. The molecule has 0 fully saturated rings. The molecule has 0 unspecified atom stereocenters. The molecule has 110 valence electrons. The second kappa shape index (κ2) is 6.86. The lowest BCUT2D eigenvalue weighted by Gasteiger charge is -2.21. The van der Waals surface area contributed by atoms with Gasteiger partial charge in [-0.3, -0.25) is 4.79 Å². The summed E-state index contributed by atoms with van der Waals surface area (Å²) < 4.78 is 0. The van der Waals surface area contributed by atoms with E-state index < -0.39 is 0 Å². The van der Waals surface area contributed by atoms with Crippen LogP contribution in [0.3, 0.4) is 0 Å². The minimum atomic E-state index is 0.236. The molecule has 0 saturated heterocycles. The van der Waals surface area contributed by atoms with Crippen LogP contribution in [-0.4, -0.2) is 45.7 Å². The van der Waals surface area contributed by atoms with Crippen LogP contribution in [0.4, 0.5) is 5.69 Å². The monoisotopic (exact) mass is 277 g/mol.